The molecule has 0 aliphatic carbocycles. The normalized spacial score (nSPS) is 22.9. The van der Waals surface area contributed by atoms with Crippen molar-refractivity contribution in [3.63, 3.8) is 0 Å². The van der Waals surface area contributed by atoms with Gasteiger partial charge in [0.15, 0.2) is 17.6 Å². The fourth-order valence-corrected chi connectivity index (χ4v) is 3.30. The quantitative estimate of drug-likeness (QED) is 0.423. The van der Waals surface area contributed by atoms with E-state index >= 15 is 0 Å². The first-order valence-electron chi connectivity index (χ1n) is 14.6. The number of hydrogen-bond donors (Lipinski definition) is 1. The minimum atomic E-state index is -3.26. The van der Waals surface area contributed by atoms with E-state index in [9.17, 15) is 4.79 Å². The van der Waals surface area contributed by atoms with Crippen LogP contribution in [0.3, 0.4) is 0 Å². The topological polar surface area (TPSA) is 106 Å². The third-order valence-electron chi connectivity index (χ3n) is 5.16. The molecule has 11 heteroatoms. The van der Waals surface area contributed by atoms with Gasteiger partial charge >= 0.3 is 0 Å². The molecule has 1 aliphatic rings. The molecule has 36 heavy (non-hydrogen) atoms. The van der Waals surface area contributed by atoms with Crippen molar-refractivity contribution in [2.24, 2.45) is 7.05 Å². The van der Waals surface area contributed by atoms with Gasteiger partial charge in [-0.05, 0) is 37.7 Å². The van der Waals surface area contributed by atoms with Gasteiger partial charge in [-0.3, -0.25) is 4.79 Å². The fourth-order valence-electron chi connectivity index (χ4n) is 3.30. The number of aromatic nitrogens is 5. The highest BCUT2D eigenvalue weighted by Gasteiger charge is 2.21. The van der Waals surface area contributed by atoms with Crippen LogP contribution in [-0.4, -0.2) is 73.2 Å². The third kappa shape index (κ3) is 4.67. The maximum atomic E-state index is 13.4. The first-order valence-corrected chi connectivity index (χ1v) is 10.6. The summed E-state index contributed by atoms with van der Waals surface area (Å²) >= 11 is 0. The second-order valence-corrected chi connectivity index (χ2v) is 7.76. The molecule has 0 saturated carbocycles. The van der Waals surface area contributed by atoms with Crippen molar-refractivity contribution in [2.75, 3.05) is 38.4 Å². The molecule has 1 aliphatic heterocycles. The van der Waals surface area contributed by atoms with Crippen molar-refractivity contribution in [2.45, 2.75) is 6.92 Å². The number of aryl methyl sites for hydroxylation is 2. The molecular weight excluding hydrogens is 458 g/mol. The Morgan fingerprint density at radius 1 is 1.14 bits per heavy atom. The number of nitrogens with zero attached hydrogens (tertiary/aromatic N) is 8. The van der Waals surface area contributed by atoms with Crippen LogP contribution in [-0.2, 0) is 7.05 Å². The van der Waals surface area contributed by atoms with Crippen molar-refractivity contribution in [3.05, 3.63) is 65.5 Å². The van der Waals surface area contributed by atoms with Gasteiger partial charge in [0, 0.05) is 50.8 Å². The van der Waals surface area contributed by atoms with Gasteiger partial charge in [-0.15, -0.1) is 4.98 Å². The van der Waals surface area contributed by atoms with Crippen molar-refractivity contribution >= 4 is 34.4 Å². The average molecular weight is 492 g/mol. The minimum absolute atomic E-state index is 0.0461. The molecule has 0 radical (unpaired) electrons. The highest BCUT2D eigenvalue weighted by Crippen LogP contribution is 2.31. The zero-order valence-electron chi connectivity index (χ0n) is 27.4. The summed E-state index contributed by atoms with van der Waals surface area (Å²) in [6, 6.07) is 5.74. The number of imidazole rings is 1. The van der Waals surface area contributed by atoms with Crippen LogP contribution < -0.4 is 10.1 Å². The molecule has 5 rings (SSSR count). The molecule has 1 amide bonds. The van der Waals surface area contributed by atoms with E-state index in [1.54, 1.807) is 37.0 Å². The number of nitrogens with one attached hydrogen (secondary N) is 1. The first kappa shape index (κ1) is 15.4. The first-order chi connectivity index (χ1) is 20.4. The Balaban J connectivity index is 1.45. The van der Waals surface area contributed by atoms with E-state index in [2.05, 4.69) is 30.1 Å². The van der Waals surface area contributed by atoms with E-state index in [1.165, 1.54) is 18.3 Å². The van der Waals surface area contributed by atoms with E-state index in [0.717, 1.165) is 13.2 Å². The predicted octanol–water partition coefficient (Wildman–Crippen LogP) is 3.54. The van der Waals surface area contributed by atoms with Crippen LogP contribution in [0.15, 0.2) is 43.0 Å². The van der Waals surface area contributed by atoms with E-state index in [-0.39, 0.29) is 28.0 Å². The lowest BCUT2D eigenvalue weighted by atomic mass is 10.2. The predicted molar refractivity (Wildman–Crippen MR) is 135 cm³/mol. The number of fused-ring (bicyclic) bond motifs is 1. The Hall–Kier alpha value is -4.56. The summed E-state index contributed by atoms with van der Waals surface area (Å²) < 4.78 is 73.4. The summed E-state index contributed by atoms with van der Waals surface area (Å²) in [5, 5.41) is 3.07. The molecule has 1 fully saturated rings. The van der Waals surface area contributed by atoms with Gasteiger partial charge in [-0.1, -0.05) is 6.57 Å². The van der Waals surface area contributed by atoms with Crippen molar-refractivity contribution < 1.29 is 20.5 Å². The summed E-state index contributed by atoms with van der Waals surface area (Å²) in [5.74, 6) is -0.299. The van der Waals surface area contributed by atoms with Crippen molar-refractivity contribution in [3.8, 4) is 11.6 Å². The SMILES string of the molecule is [2H]C1([2H])N(C)C([2H])([2H])C([2H])([2H])N(C(=O)c2ccc(Nc3cc(Oc4cnc([N+]#[C-])cc4C)nc4c3ncn4C)nc2)C1([2H])[2H]. The lowest BCUT2D eigenvalue weighted by Crippen LogP contribution is -2.47. The van der Waals surface area contributed by atoms with E-state index in [1.807, 2.05) is 0 Å². The summed E-state index contributed by atoms with van der Waals surface area (Å²) in [7, 11) is 2.66. The van der Waals surface area contributed by atoms with Gasteiger partial charge in [-0.25, -0.2) is 9.97 Å². The lowest BCUT2D eigenvalue weighted by molar-refractivity contribution is 0.0663. The molecule has 1 N–H and O–H groups in total. The molecule has 0 unspecified atom stereocenters. The number of pyridine rings is 3. The van der Waals surface area contributed by atoms with Gasteiger partial charge in [-0.2, -0.15) is 4.98 Å². The van der Waals surface area contributed by atoms with Crippen molar-refractivity contribution in [1.82, 2.24) is 34.3 Å². The standard InChI is InChI=1S/C25H25N9O2/c1-16-11-21(26-2)28-14-19(16)36-22-12-18(23-24(31-22)33(4)15-29-23)30-20-6-5-17(13-27-20)25(35)34-9-7-32(3)8-10-34/h5-6,11-15H,7-10H2,1,3-4H3,(H,27,30,31)/i7D2,8D2,9D2,10D2. The number of ether oxygens (including phenoxy) is 1. The highest BCUT2D eigenvalue weighted by atomic mass is 16.5. The number of carbonyl (C=O) groups is 1. The Morgan fingerprint density at radius 2 is 1.94 bits per heavy atom. The Labute approximate surface area is 219 Å². The second-order valence-electron chi connectivity index (χ2n) is 7.76. The van der Waals surface area contributed by atoms with Crippen LogP contribution in [0.5, 0.6) is 11.6 Å². The number of piperazine rings is 1. The van der Waals surface area contributed by atoms with Gasteiger partial charge in [0.25, 0.3) is 11.7 Å². The van der Waals surface area contributed by atoms with Gasteiger partial charge in [0.2, 0.25) is 5.88 Å². The smallest absolute Gasteiger partial charge is 0.269 e. The molecule has 182 valence electrons. The zero-order chi connectivity index (χ0) is 32.4. The monoisotopic (exact) mass is 491 g/mol. The molecule has 11 nitrogen and oxygen atoms in total. The van der Waals surface area contributed by atoms with E-state index in [4.69, 9.17) is 22.3 Å². The molecule has 5 heterocycles. The van der Waals surface area contributed by atoms with Gasteiger partial charge < -0.3 is 29.3 Å². The van der Waals surface area contributed by atoms with Gasteiger partial charge in [0.05, 0.1) is 23.1 Å². The van der Waals surface area contributed by atoms with E-state index in [0.29, 0.717) is 33.1 Å². The maximum absolute atomic E-state index is 13.4. The third-order valence-corrected chi connectivity index (χ3v) is 5.16. The number of likely N-dealkylation sites (N-methyl/N-ethyl adjacent to an activating group) is 1. The Morgan fingerprint density at radius 3 is 2.64 bits per heavy atom. The number of rotatable bonds is 5. The second kappa shape index (κ2) is 9.59. The summed E-state index contributed by atoms with van der Waals surface area (Å²) in [4.78, 5) is 34.1. The van der Waals surface area contributed by atoms with E-state index < -0.39 is 31.9 Å². The molecule has 0 aromatic carbocycles. The average Bonchev–Trinajstić information content (AvgIpc) is 3.33. The fraction of sp³-hybridized carbons (Fsp3) is 0.280. The lowest BCUT2D eigenvalue weighted by Gasteiger charge is -2.32. The highest BCUT2D eigenvalue weighted by molar-refractivity contribution is 5.94. The van der Waals surface area contributed by atoms with Crippen LogP contribution >= 0.6 is 0 Å². The van der Waals surface area contributed by atoms with Crippen LogP contribution in [0, 0.1) is 13.5 Å². The molecule has 4 aromatic rings. The summed E-state index contributed by atoms with van der Waals surface area (Å²) in [6.07, 6.45) is 4.02. The summed E-state index contributed by atoms with van der Waals surface area (Å²) in [6.45, 7) is -3.77. The number of hydrogen-bond acceptors (Lipinski definition) is 8. The van der Waals surface area contributed by atoms with Gasteiger partial charge in [0.1, 0.15) is 11.3 Å². The molecule has 0 spiro atoms. The maximum Gasteiger partial charge on any atom is 0.269 e. The van der Waals surface area contributed by atoms with Crippen LogP contribution in [0.25, 0.3) is 16.0 Å². The minimum Gasteiger partial charge on any atom is -0.435 e. The zero-order valence-corrected chi connectivity index (χ0v) is 19.4. The van der Waals surface area contributed by atoms with Crippen LogP contribution in [0.4, 0.5) is 17.3 Å². The number of amides is 1. The molecule has 0 bridgehead atoms. The molecule has 0 atom stereocenters. The summed E-state index contributed by atoms with van der Waals surface area (Å²) in [5.41, 5.74) is 1.72. The largest absolute Gasteiger partial charge is 0.435 e. The molecular formula is C25H25N9O2. The Kier molecular flexibility index (Phi) is 4.11. The number of anilines is 2. The van der Waals surface area contributed by atoms with Crippen LogP contribution in [0.2, 0.25) is 0 Å². The van der Waals surface area contributed by atoms with Crippen LogP contribution in [0.1, 0.15) is 26.9 Å². The Bertz CT molecular complexity index is 1790. The number of carbonyl (C=O) groups excluding carboxylic acids is 1. The van der Waals surface area contributed by atoms with Crippen molar-refractivity contribution in [1.29, 1.82) is 0 Å². The molecule has 1 saturated heterocycles. The molecule has 4 aromatic heterocycles.